The molecular formula is C23H28N6O2. The molecule has 1 aromatic carbocycles. The number of imidazole rings is 1. The van der Waals surface area contributed by atoms with Crippen LogP contribution in [0.5, 0.6) is 0 Å². The van der Waals surface area contributed by atoms with Crippen LogP contribution in [0.3, 0.4) is 0 Å². The first-order valence-corrected chi connectivity index (χ1v) is 11.0. The topological polar surface area (TPSA) is 99.2 Å². The lowest BCUT2D eigenvalue weighted by molar-refractivity contribution is -0.141. The van der Waals surface area contributed by atoms with Gasteiger partial charge in [0, 0.05) is 25.2 Å². The fraction of sp³-hybridized carbons (Fsp3) is 0.478. The monoisotopic (exact) mass is 420 g/mol. The molecule has 0 saturated carbocycles. The van der Waals surface area contributed by atoms with Crippen LogP contribution in [-0.4, -0.2) is 50.0 Å². The molecule has 0 atom stereocenters. The molecule has 0 radical (unpaired) electrons. The van der Waals surface area contributed by atoms with Gasteiger partial charge in [-0.1, -0.05) is 26.0 Å². The number of carbonyl (C=O) groups is 1. The van der Waals surface area contributed by atoms with Crippen LogP contribution in [-0.2, 0) is 28.1 Å². The van der Waals surface area contributed by atoms with Gasteiger partial charge in [0.25, 0.3) is 0 Å². The number of nitrogens with two attached hydrogens (primary N) is 1. The van der Waals surface area contributed by atoms with E-state index in [2.05, 4.69) is 28.4 Å². The largest absolute Gasteiger partial charge is 0.368 e. The third-order valence-corrected chi connectivity index (χ3v) is 6.48. The molecule has 1 amide bonds. The SMILES string of the molecule is CC(C)c1nc2ccccc2n1CC(=O)N1CCC2(CC1)OCCc1cnc(N)nc12. The van der Waals surface area contributed by atoms with Crippen LogP contribution in [0.15, 0.2) is 30.5 Å². The van der Waals surface area contributed by atoms with Gasteiger partial charge < -0.3 is 19.9 Å². The van der Waals surface area contributed by atoms with Crippen molar-refractivity contribution < 1.29 is 9.53 Å². The average Bonchev–Trinajstić information content (AvgIpc) is 3.14. The molecule has 4 heterocycles. The average molecular weight is 421 g/mol. The molecule has 2 N–H and O–H groups in total. The zero-order valence-corrected chi connectivity index (χ0v) is 18.0. The summed E-state index contributed by atoms with van der Waals surface area (Å²) in [6, 6.07) is 8.00. The smallest absolute Gasteiger partial charge is 0.242 e. The molecule has 31 heavy (non-hydrogen) atoms. The first-order valence-electron chi connectivity index (χ1n) is 11.0. The van der Waals surface area contributed by atoms with Gasteiger partial charge in [0.05, 0.1) is 23.3 Å². The number of anilines is 1. The molecule has 3 aromatic rings. The van der Waals surface area contributed by atoms with Crippen molar-refractivity contribution in [3.05, 3.63) is 47.5 Å². The second-order valence-electron chi connectivity index (χ2n) is 8.78. The molecule has 2 aliphatic heterocycles. The number of benzene rings is 1. The number of hydrogen-bond acceptors (Lipinski definition) is 6. The van der Waals surface area contributed by atoms with E-state index < -0.39 is 5.60 Å². The summed E-state index contributed by atoms with van der Waals surface area (Å²) in [5, 5.41) is 0. The first-order chi connectivity index (χ1) is 15.0. The normalized spacial score (nSPS) is 18.0. The molecule has 1 fully saturated rings. The van der Waals surface area contributed by atoms with Crippen molar-refractivity contribution in [3.8, 4) is 0 Å². The lowest BCUT2D eigenvalue weighted by Crippen LogP contribution is -2.49. The fourth-order valence-corrected chi connectivity index (χ4v) is 4.86. The molecule has 162 valence electrons. The maximum Gasteiger partial charge on any atom is 0.242 e. The lowest BCUT2D eigenvalue weighted by atomic mass is 9.83. The van der Waals surface area contributed by atoms with E-state index in [4.69, 9.17) is 15.5 Å². The number of piperidine rings is 1. The van der Waals surface area contributed by atoms with E-state index in [1.165, 1.54) is 0 Å². The molecule has 8 heteroatoms. The zero-order valence-electron chi connectivity index (χ0n) is 18.0. The Morgan fingerprint density at radius 2 is 2.00 bits per heavy atom. The molecule has 8 nitrogen and oxygen atoms in total. The van der Waals surface area contributed by atoms with Gasteiger partial charge in [0.2, 0.25) is 11.9 Å². The maximum atomic E-state index is 13.2. The number of para-hydroxylation sites is 2. The van der Waals surface area contributed by atoms with Crippen molar-refractivity contribution in [3.63, 3.8) is 0 Å². The maximum absolute atomic E-state index is 13.2. The van der Waals surface area contributed by atoms with Crippen molar-refractivity contribution in [1.82, 2.24) is 24.4 Å². The molecule has 5 rings (SSSR count). The summed E-state index contributed by atoms with van der Waals surface area (Å²) in [5.74, 6) is 1.57. The lowest BCUT2D eigenvalue weighted by Gasteiger charge is -2.44. The number of aromatic nitrogens is 4. The summed E-state index contributed by atoms with van der Waals surface area (Å²) >= 11 is 0. The second kappa shape index (κ2) is 7.60. The van der Waals surface area contributed by atoms with Gasteiger partial charge in [-0.2, -0.15) is 0 Å². The van der Waals surface area contributed by atoms with Crippen molar-refractivity contribution >= 4 is 22.9 Å². The Hall–Kier alpha value is -3.00. The van der Waals surface area contributed by atoms with Crippen LogP contribution < -0.4 is 5.73 Å². The highest BCUT2D eigenvalue weighted by atomic mass is 16.5. The Kier molecular flexibility index (Phi) is 4.89. The number of fused-ring (bicyclic) bond motifs is 3. The van der Waals surface area contributed by atoms with Crippen molar-refractivity contribution in [1.29, 1.82) is 0 Å². The summed E-state index contributed by atoms with van der Waals surface area (Å²) in [4.78, 5) is 28.6. The van der Waals surface area contributed by atoms with E-state index in [-0.39, 0.29) is 17.8 Å². The molecule has 1 spiro atoms. The number of carbonyl (C=O) groups excluding carboxylic acids is 1. The van der Waals surface area contributed by atoms with Crippen LogP contribution in [0, 0.1) is 0 Å². The Balaban J connectivity index is 1.35. The molecule has 2 aromatic heterocycles. The van der Waals surface area contributed by atoms with Gasteiger partial charge in [-0.25, -0.2) is 15.0 Å². The summed E-state index contributed by atoms with van der Waals surface area (Å²) in [7, 11) is 0. The molecule has 1 saturated heterocycles. The van der Waals surface area contributed by atoms with E-state index in [1.807, 2.05) is 35.4 Å². The highest BCUT2D eigenvalue weighted by Gasteiger charge is 2.43. The van der Waals surface area contributed by atoms with Crippen molar-refractivity contribution in [2.45, 2.75) is 51.2 Å². The second-order valence-corrected chi connectivity index (χ2v) is 8.78. The number of rotatable bonds is 3. The van der Waals surface area contributed by atoms with Gasteiger partial charge >= 0.3 is 0 Å². The van der Waals surface area contributed by atoms with Crippen molar-refractivity contribution in [2.24, 2.45) is 0 Å². The van der Waals surface area contributed by atoms with Gasteiger partial charge in [0.1, 0.15) is 18.0 Å². The standard InChI is InChI=1S/C23H28N6O2/c1-15(2)21-26-17-5-3-4-6-18(17)29(21)14-19(30)28-10-8-23(9-11-28)20-16(7-12-31-23)13-25-22(24)27-20/h3-6,13,15H,7-12,14H2,1-2H3,(H2,24,25,27). The molecule has 0 aliphatic carbocycles. The minimum Gasteiger partial charge on any atom is -0.368 e. The molecule has 2 aliphatic rings. The highest BCUT2D eigenvalue weighted by Crippen LogP contribution is 2.40. The van der Waals surface area contributed by atoms with E-state index >= 15 is 0 Å². The molecule has 0 unspecified atom stereocenters. The van der Waals surface area contributed by atoms with Crippen LogP contribution in [0.2, 0.25) is 0 Å². The van der Waals surface area contributed by atoms with E-state index in [0.29, 0.717) is 39.1 Å². The first kappa shape index (κ1) is 19.9. The predicted octanol–water partition coefficient (Wildman–Crippen LogP) is 2.62. The fourth-order valence-electron chi connectivity index (χ4n) is 4.86. The van der Waals surface area contributed by atoms with E-state index in [9.17, 15) is 4.79 Å². The number of amides is 1. The Labute approximate surface area is 181 Å². The minimum atomic E-state index is -0.466. The van der Waals surface area contributed by atoms with Crippen LogP contribution >= 0.6 is 0 Å². The highest BCUT2D eigenvalue weighted by molar-refractivity contribution is 5.81. The molecular weight excluding hydrogens is 392 g/mol. The predicted molar refractivity (Wildman–Crippen MR) is 117 cm³/mol. The number of nitrogen functional groups attached to an aromatic ring is 1. The Morgan fingerprint density at radius 1 is 1.23 bits per heavy atom. The Bertz CT molecular complexity index is 1130. The van der Waals surface area contributed by atoms with E-state index in [0.717, 1.165) is 34.5 Å². The third-order valence-electron chi connectivity index (χ3n) is 6.48. The van der Waals surface area contributed by atoms with Gasteiger partial charge in [-0.3, -0.25) is 4.79 Å². The summed E-state index contributed by atoms with van der Waals surface area (Å²) in [6.45, 7) is 6.43. The summed E-state index contributed by atoms with van der Waals surface area (Å²) in [6.07, 6.45) is 4.04. The van der Waals surface area contributed by atoms with Crippen LogP contribution in [0.4, 0.5) is 5.95 Å². The van der Waals surface area contributed by atoms with E-state index in [1.54, 1.807) is 0 Å². The van der Waals surface area contributed by atoms with Crippen LogP contribution in [0.1, 0.15) is 49.7 Å². The van der Waals surface area contributed by atoms with Crippen LogP contribution in [0.25, 0.3) is 11.0 Å². The third kappa shape index (κ3) is 3.44. The van der Waals surface area contributed by atoms with Gasteiger partial charge in [-0.05, 0) is 37.0 Å². The Morgan fingerprint density at radius 3 is 2.77 bits per heavy atom. The zero-order chi connectivity index (χ0) is 21.6. The van der Waals surface area contributed by atoms with Gasteiger partial charge in [-0.15, -0.1) is 0 Å². The number of ether oxygens (including phenoxy) is 1. The summed E-state index contributed by atoms with van der Waals surface area (Å²) < 4.78 is 8.29. The summed E-state index contributed by atoms with van der Waals surface area (Å²) in [5.41, 5.74) is 9.33. The number of nitrogens with zero attached hydrogens (tertiary/aromatic N) is 5. The quantitative estimate of drug-likeness (QED) is 0.699. The number of hydrogen-bond donors (Lipinski definition) is 1. The van der Waals surface area contributed by atoms with Gasteiger partial charge in [0.15, 0.2) is 0 Å². The number of likely N-dealkylation sites (tertiary alicyclic amines) is 1. The minimum absolute atomic E-state index is 0.109. The molecule has 0 bridgehead atoms. The van der Waals surface area contributed by atoms with Crippen molar-refractivity contribution in [2.75, 3.05) is 25.4 Å².